The van der Waals surface area contributed by atoms with Gasteiger partial charge in [-0.15, -0.1) is 0 Å². The zero-order valence-electron chi connectivity index (χ0n) is 12.1. The molecule has 0 atom stereocenters. The zero-order valence-corrected chi connectivity index (χ0v) is 12.1. The molecular formula is C18H30. The fourth-order valence-electron chi connectivity index (χ4n) is 6.72. The zero-order chi connectivity index (χ0) is 12.1. The molecular weight excluding hydrogens is 216 g/mol. The first-order chi connectivity index (χ1) is 8.87. The lowest BCUT2D eigenvalue weighted by Gasteiger charge is -2.71. The molecule has 0 amide bonds. The van der Waals surface area contributed by atoms with Crippen molar-refractivity contribution in [2.45, 2.75) is 89.9 Å². The molecule has 4 saturated carbocycles. The van der Waals surface area contributed by atoms with Crippen LogP contribution in [0.5, 0.6) is 0 Å². The standard InChI is InChI=1S/C18H30/c1-3-7-15(8-4-1)17(11-5-2-6-12-17)18-13-9-16(18)10-14-18/h15-16H,1-14H2. The van der Waals surface area contributed by atoms with Crippen molar-refractivity contribution >= 4 is 0 Å². The van der Waals surface area contributed by atoms with E-state index in [0.717, 1.165) is 16.7 Å². The average molecular weight is 246 g/mol. The highest BCUT2D eigenvalue weighted by Gasteiger charge is 2.65. The Morgan fingerprint density at radius 3 is 1.44 bits per heavy atom. The van der Waals surface area contributed by atoms with E-state index in [1.807, 2.05) is 0 Å². The van der Waals surface area contributed by atoms with Crippen molar-refractivity contribution in [3.8, 4) is 0 Å². The summed E-state index contributed by atoms with van der Waals surface area (Å²) in [7, 11) is 0. The summed E-state index contributed by atoms with van der Waals surface area (Å²) in [5.74, 6) is 2.31. The highest BCUT2D eigenvalue weighted by molar-refractivity contribution is 5.15. The Balaban J connectivity index is 1.64. The van der Waals surface area contributed by atoms with E-state index in [2.05, 4.69) is 0 Å². The predicted octanol–water partition coefficient (Wildman–Crippen LogP) is 5.71. The van der Waals surface area contributed by atoms with Crippen molar-refractivity contribution in [3.63, 3.8) is 0 Å². The number of hydrogen-bond donors (Lipinski definition) is 0. The SMILES string of the molecule is C1CCC(C2(C34CCC3CC4)CCCCC2)CC1. The molecule has 4 fully saturated rings. The quantitative estimate of drug-likeness (QED) is 0.585. The van der Waals surface area contributed by atoms with Crippen LogP contribution < -0.4 is 0 Å². The maximum atomic E-state index is 1.62. The van der Waals surface area contributed by atoms with Crippen LogP contribution in [0.2, 0.25) is 0 Å². The monoisotopic (exact) mass is 246 g/mol. The third kappa shape index (κ3) is 1.38. The van der Waals surface area contributed by atoms with Gasteiger partial charge in [-0.2, -0.15) is 0 Å². The van der Waals surface area contributed by atoms with E-state index in [9.17, 15) is 0 Å². The first kappa shape index (κ1) is 11.8. The van der Waals surface area contributed by atoms with E-state index in [0.29, 0.717) is 0 Å². The molecule has 0 saturated heterocycles. The van der Waals surface area contributed by atoms with Gasteiger partial charge in [0.2, 0.25) is 0 Å². The maximum Gasteiger partial charge on any atom is -0.0210 e. The summed E-state index contributed by atoms with van der Waals surface area (Å²) in [5, 5.41) is 0. The minimum atomic E-state index is 0.840. The van der Waals surface area contributed by atoms with E-state index >= 15 is 0 Å². The van der Waals surface area contributed by atoms with Crippen molar-refractivity contribution in [1.82, 2.24) is 0 Å². The second-order valence-corrected chi connectivity index (χ2v) is 7.98. The minimum Gasteiger partial charge on any atom is -0.0533 e. The molecule has 0 heteroatoms. The average Bonchev–Trinajstić information content (AvgIpc) is 2.44. The third-order valence-electron chi connectivity index (χ3n) is 7.78. The molecule has 0 nitrogen and oxygen atoms in total. The second kappa shape index (κ2) is 4.25. The van der Waals surface area contributed by atoms with Gasteiger partial charge in [-0.3, -0.25) is 0 Å². The van der Waals surface area contributed by atoms with E-state index in [1.165, 1.54) is 18.8 Å². The van der Waals surface area contributed by atoms with Gasteiger partial charge in [0.15, 0.2) is 0 Å². The van der Waals surface area contributed by atoms with Crippen LogP contribution in [0.15, 0.2) is 0 Å². The molecule has 0 N–H and O–H groups in total. The molecule has 0 unspecified atom stereocenters. The normalized spacial score (nSPS) is 43.7. The van der Waals surface area contributed by atoms with Crippen LogP contribution in [0.1, 0.15) is 89.9 Å². The van der Waals surface area contributed by atoms with Crippen LogP contribution in [-0.2, 0) is 0 Å². The van der Waals surface area contributed by atoms with Gasteiger partial charge in [0.25, 0.3) is 0 Å². The summed E-state index contributed by atoms with van der Waals surface area (Å²) in [5.41, 5.74) is 1.72. The summed E-state index contributed by atoms with van der Waals surface area (Å²) in [6.07, 6.45) is 22.1. The van der Waals surface area contributed by atoms with Crippen LogP contribution in [0.3, 0.4) is 0 Å². The summed E-state index contributed by atoms with van der Waals surface area (Å²) in [4.78, 5) is 0. The largest absolute Gasteiger partial charge is 0.0533 e. The lowest BCUT2D eigenvalue weighted by atomic mass is 9.33. The van der Waals surface area contributed by atoms with Crippen LogP contribution >= 0.6 is 0 Å². The fourth-order valence-corrected chi connectivity index (χ4v) is 6.72. The molecule has 0 aromatic heterocycles. The highest BCUT2D eigenvalue weighted by atomic mass is 14.7. The van der Waals surface area contributed by atoms with Crippen molar-refractivity contribution in [2.75, 3.05) is 0 Å². The van der Waals surface area contributed by atoms with E-state index < -0.39 is 0 Å². The fraction of sp³-hybridized carbons (Fsp3) is 1.00. The third-order valence-corrected chi connectivity index (χ3v) is 7.78. The molecule has 4 aliphatic rings. The van der Waals surface area contributed by atoms with Crippen LogP contribution in [0, 0.1) is 22.7 Å². The van der Waals surface area contributed by atoms with Gasteiger partial charge in [0.05, 0.1) is 0 Å². The van der Waals surface area contributed by atoms with Gasteiger partial charge in [-0.25, -0.2) is 0 Å². The second-order valence-electron chi connectivity index (χ2n) is 7.98. The van der Waals surface area contributed by atoms with Gasteiger partial charge < -0.3 is 0 Å². The first-order valence-electron chi connectivity index (χ1n) is 8.87. The van der Waals surface area contributed by atoms with E-state index in [-0.39, 0.29) is 0 Å². The Bertz CT molecular complexity index is 296. The molecule has 0 aromatic rings. The van der Waals surface area contributed by atoms with Crippen molar-refractivity contribution < 1.29 is 0 Å². The van der Waals surface area contributed by atoms with Gasteiger partial charge >= 0.3 is 0 Å². The molecule has 0 aromatic carbocycles. The van der Waals surface area contributed by atoms with Gasteiger partial charge in [0.1, 0.15) is 0 Å². The topological polar surface area (TPSA) is 0 Å². The van der Waals surface area contributed by atoms with E-state index in [1.54, 1.807) is 77.0 Å². The molecule has 0 radical (unpaired) electrons. The summed E-state index contributed by atoms with van der Waals surface area (Å²) in [6, 6.07) is 0. The Morgan fingerprint density at radius 2 is 0.944 bits per heavy atom. The first-order valence-corrected chi connectivity index (χ1v) is 8.87. The Hall–Kier alpha value is 0. The molecule has 4 rings (SSSR count). The highest BCUT2D eigenvalue weighted by Crippen LogP contribution is 2.75. The van der Waals surface area contributed by atoms with Gasteiger partial charge in [0, 0.05) is 0 Å². The Kier molecular flexibility index (Phi) is 2.79. The molecule has 0 bridgehead atoms. The Labute approximate surface area is 113 Å². The number of fused-ring (bicyclic) bond motifs is 1. The predicted molar refractivity (Wildman–Crippen MR) is 76.5 cm³/mol. The number of rotatable bonds is 2. The molecule has 0 aliphatic heterocycles. The lowest BCUT2D eigenvalue weighted by Crippen LogP contribution is -2.62. The van der Waals surface area contributed by atoms with Crippen LogP contribution in [0.25, 0.3) is 0 Å². The van der Waals surface area contributed by atoms with E-state index in [4.69, 9.17) is 0 Å². The smallest absolute Gasteiger partial charge is 0.0210 e. The van der Waals surface area contributed by atoms with Crippen LogP contribution in [-0.4, -0.2) is 0 Å². The molecule has 102 valence electrons. The summed E-state index contributed by atoms with van der Waals surface area (Å²) in [6.45, 7) is 0. The van der Waals surface area contributed by atoms with Gasteiger partial charge in [-0.05, 0) is 74.0 Å². The lowest BCUT2D eigenvalue weighted by molar-refractivity contribution is -0.217. The van der Waals surface area contributed by atoms with Crippen molar-refractivity contribution in [2.24, 2.45) is 22.7 Å². The van der Waals surface area contributed by atoms with Crippen molar-refractivity contribution in [1.29, 1.82) is 0 Å². The molecule has 0 spiro atoms. The minimum absolute atomic E-state index is 0.840. The summed E-state index contributed by atoms with van der Waals surface area (Å²) >= 11 is 0. The molecule has 18 heavy (non-hydrogen) atoms. The number of hydrogen-bond acceptors (Lipinski definition) is 0. The van der Waals surface area contributed by atoms with Crippen molar-refractivity contribution in [3.05, 3.63) is 0 Å². The Morgan fingerprint density at radius 1 is 0.444 bits per heavy atom. The molecule has 4 aliphatic carbocycles. The maximum absolute atomic E-state index is 1.62. The van der Waals surface area contributed by atoms with Gasteiger partial charge in [-0.1, -0.05) is 38.5 Å². The van der Waals surface area contributed by atoms with Crippen LogP contribution in [0.4, 0.5) is 0 Å². The molecule has 0 heterocycles. The summed E-state index contributed by atoms with van der Waals surface area (Å²) < 4.78 is 0.